The fourth-order valence-electron chi connectivity index (χ4n) is 3.28. The van der Waals surface area contributed by atoms with E-state index in [9.17, 15) is 18.0 Å². The van der Waals surface area contributed by atoms with Crippen molar-refractivity contribution < 1.29 is 23.1 Å². The van der Waals surface area contributed by atoms with E-state index >= 15 is 0 Å². The third kappa shape index (κ3) is 5.51. The molecule has 0 saturated carbocycles. The van der Waals surface area contributed by atoms with Crippen LogP contribution in [-0.4, -0.2) is 42.8 Å². The first-order valence-corrected chi connectivity index (χ1v) is 11.6. The summed E-state index contributed by atoms with van der Waals surface area (Å²) >= 11 is 11.9. The fraction of sp³-hybridized carbons (Fsp3) is 0.300. The third-order valence-corrected chi connectivity index (χ3v) is 7.44. The Kier molecular flexibility index (Phi) is 7.02. The third-order valence-electron chi connectivity index (χ3n) is 4.88. The maximum atomic E-state index is 12.8. The highest BCUT2D eigenvalue weighted by atomic mass is 35.5. The summed E-state index contributed by atoms with van der Waals surface area (Å²) in [5, 5.41) is 12.3. The molecule has 1 amide bonds. The number of hydrogen-bond donors (Lipinski definition) is 2. The number of carboxylic acids is 1. The number of nitrogens with zero attached hydrogens (tertiary/aromatic N) is 1. The number of carbonyl (C=O) groups excluding carboxylic acids is 1. The number of hydrogen-bond acceptors (Lipinski definition) is 4. The molecule has 30 heavy (non-hydrogen) atoms. The predicted molar refractivity (Wildman–Crippen MR) is 115 cm³/mol. The largest absolute Gasteiger partial charge is 0.478 e. The van der Waals surface area contributed by atoms with Crippen LogP contribution in [-0.2, 0) is 20.6 Å². The van der Waals surface area contributed by atoms with Crippen LogP contribution in [0.15, 0.2) is 42.5 Å². The predicted octanol–water partition coefficient (Wildman–Crippen LogP) is 3.87. The zero-order valence-corrected chi connectivity index (χ0v) is 18.2. The maximum Gasteiger partial charge on any atom is 0.335 e. The van der Waals surface area contributed by atoms with Crippen molar-refractivity contribution >= 4 is 50.8 Å². The van der Waals surface area contributed by atoms with E-state index in [4.69, 9.17) is 28.3 Å². The average molecular weight is 471 g/mol. The molecule has 0 aliphatic carbocycles. The minimum atomic E-state index is -3.63. The SMILES string of the molecule is O=C(O)c1ccc(NC(=O)C2CCCN(S(=O)(=O)Cc3ccc(Cl)c(Cl)c3)C2)cc1. The van der Waals surface area contributed by atoms with Gasteiger partial charge in [-0.05, 0) is 54.8 Å². The lowest BCUT2D eigenvalue weighted by molar-refractivity contribution is -0.120. The van der Waals surface area contributed by atoms with Crippen LogP contribution in [0.4, 0.5) is 5.69 Å². The molecule has 1 heterocycles. The molecule has 10 heteroatoms. The van der Waals surface area contributed by atoms with E-state index in [1.165, 1.54) is 34.6 Å². The van der Waals surface area contributed by atoms with Crippen molar-refractivity contribution in [3.8, 4) is 0 Å². The van der Waals surface area contributed by atoms with Gasteiger partial charge in [0.05, 0.1) is 27.3 Å². The summed E-state index contributed by atoms with van der Waals surface area (Å²) in [6, 6.07) is 10.5. The lowest BCUT2D eigenvalue weighted by Gasteiger charge is -2.31. The van der Waals surface area contributed by atoms with E-state index in [1.807, 2.05) is 0 Å². The van der Waals surface area contributed by atoms with Gasteiger partial charge in [-0.2, -0.15) is 0 Å². The summed E-state index contributed by atoms with van der Waals surface area (Å²) in [6.45, 7) is 0.434. The second-order valence-corrected chi connectivity index (χ2v) is 9.86. The summed E-state index contributed by atoms with van der Waals surface area (Å²) in [6.07, 6.45) is 1.13. The molecular formula is C20H20Cl2N2O5S. The summed E-state index contributed by atoms with van der Waals surface area (Å²) in [5.74, 6) is -2.08. The molecular weight excluding hydrogens is 451 g/mol. The molecule has 2 aromatic rings. The van der Waals surface area contributed by atoms with Gasteiger partial charge in [0, 0.05) is 18.8 Å². The number of sulfonamides is 1. The number of benzene rings is 2. The van der Waals surface area contributed by atoms with Gasteiger partial charge in [0.1, 0.15) is 0 Å². The van der Waals surface area contributed by atoms with Gasteiger partial charge < -0.3 is 10.4 Å². The Morgan fingerprint density at radius 2 is 1.80 bits per heavy atom. The maximum absolute atomic E-state index is 12.8. The monoisotopic (exact) mass is 470 g/mol. The molecule has 7 nitrogen and oxygen atoms in total. The summed E-state index contributed by atoms with van der Waals surface area (Å²) in [4.78, 5) is 23.5. The Hall–Kier alpha value is -2.13. The van der Waals surface area contributed by atoms with Gasteiger partial charge in [-0.3, -0.25) is 4.79 Å². The molecule has 1 aliphatic rings. The first-order valence-electron chi connectivity index (χ1n) is 9.21. The first kappa shape index (κ1) is 22.6. The second-order valence-electron chi connectivity index (χ2n) is 7.07. The van der Waals surface area contributed by atoms with Crippen LogP contribution in [0, 0.1) is 5.92 Å². The van der Waals surface area contributed by atoms with Crippen molar-refractivity contribution in [1.82, 2.24) is 4.31 Å². The van der Waals surface area contributed by atoms with E-state index in [2.05, 4.69) is 5.32 Å². The molecule has 1 fully saturated rings. The number of piperidine rings is 1. The molecule has 2 aromatic carbocycles. The number of carboxylic acid groups (broad SMARTS) is 1. The molecule has 1 atom stereocenters. The Bertz CT molecular complexity index is 1060. The molecule has 0 spiro atoms. The van der Waals surface area contributed by atoms with Crippen LogP contribution >= 0.6 is 23.2 Å². The van der Waals surface area contributed by atoms with Crippen LogP contribution in [0.25, 0.3) is 0 Å². The highest BCUT2D eigenvalue weighted by Gasteiger charge is 2.32. The minimum Gasteiger partial charge on any atom is -0.478 e. The quantitative estimate of drug-likeness (QED) is 0.666. The second kappa shape index (κ2) is 9.34. The van der Waals surface area contributed by atoms with E-state index in [-0.39, 0.29) is 28.8 Å². The number of nitrogens with one attached hydrogen (secondary N) is 1. The number of amides is 1. The molecule has 1 aliphatic heterocycles. The molecule has 1 saturated heterocycles. The van der Waals surface area contributed by atoms with Gasteiger partial charge in [0.25, 0.3) is 0 Å². The van der Waals surface area contributed by atoms with E-state index < -0.39 is 21.9 Å². The van der Waals surface area contributed by atoms with Crippen LogP contribution in [0.3, 0.4) is 0 Å². The van der Waals surface area contributed by atoms with Gasteiger partial charge in [0.15, 0.2) is 0 Å². The van der Waals surface area contributed by atoms with Gasteiger partial charge in [-0.25, -0.2) is 17.5 Å². The minimum absolute atomic E-state index is 0.0860. The van der Waals surface area contributed by atoms with E-state index in [0.29, 0.717) is 35.7 Å². The first-order chi connectivity index (χ1) is 14.2. The smallest absolute Gasteiger partial charge is 0.335 e. The summed E-state index contributed by atoms with van der Waals surface area (Å²) in [5.41, 5.74) is 1.10. The molecule has 0 radical (unpaired) electrons. The molecule has 0 aromatic heterocycles. The fourth-order valence-corrected chi connectivity index (χ4v) is 5.20. The van der Waals surface area contributed by atoms with Crippen molar-refractivity contribution in [2.24, 2.45) is 5.92 Å². The van der Waals surface area contributed by atoms with Gasteiger partial charge in [0.2, 0.25) is 15.9 Å². The van der Waals surface area contributed by atoms with Crippen molar-refractivity contribution in [1.29, 1.82) is 0 Å². The van der Waals surface area contributed by atoms with Crippen LogP contribution < -0.4 is 5.32 Å². The Labute approximate surface area is 184 Å². The van der Waals surface area contributed by atoms with Gasteiger partial charge in [-0.15, -0.1) is 0 Å². The molecule has 1 unspecified atom stereocenters. The average Bonchev–Trinajstić information content (AvgIpc) is 2.71. The van der Waals surface area contributed by atoms with E-state index in [0.717, 1.165) is 0 Å². The standard InChI is InChI=1S/C20H20Cl2N2O5S/c21-17-8-3-13(10-18(17)22)12-30(28,29)24-9-1-2-15(11-24)19(25)23-16-6-4-14(5-7-16)20(26)27/h3-8,10,15H,1-2,9,11-12H2,(H,23,25)(H,26,27). The Morgan fingerprint density at radius 3 is 2.43 bits per heavy atom. The Balaban J connectivity index is 1.65. The highest BCUT2D eigenvalue weighted by Crippen LogP contribution is 2.26. The van der Waals surface area contributed by atoms with Crippen molar-refractivity contribution in [3.63, 3.8) is 0 Å². The summed E-state index contributed by atoms with van der Waals surface area (Å²) < 4.78 is 27.0. The van der Waals surface area contributed by atoms with Gasteiger partial charge >= 0.3 is 5.97 Å². The molecule has 0 bridgehead atoms. The lowest BCUT2D eigenvalue weighted by Crippen LogP contribution is -2.44. The number of carbonyl (C=O) groups is 2. The molecule has 3 rings (SSSR count). The van der Waals surface area contributed by atoms with Crippen LogP contribution in [0.5, 0.6) is 0 Å². The number of anilines is 1. The number of aromatic carboxylic acids is 1. The molecule has 160 valence electrons. The topological polar surface area (TPSA) is 104 Å². The van der Waals surface area contributed by atoms with E-state index in [1.54, 1.807) is 12.1 Å². The van der Waals surface area contributed by atoms with Crippen molar-refractivity contribution in [3.05, 3.63) is 63.6 Å². The molecule has 2 N–H and O–H groups in total. The number of rotatable bonds is 6. The van der Waals surface area contributed by atoms with Crippen molar-refractivity contribution in [2.45, 2.75) is 18.6 Å². The lowest BCUT2D eigenvalue weighted by atomic mass is 9.98. The van der Waals surface area contributed by atoms with Crippen LogP contribution in [0.2, 0.25) is 10.0 Å². The highest BCUT2D eigenvalue weighted by molar-refractivity contribution is 7.88. The number of halogens is 2. The summed E-state index contributed by atoms with van der Waals surface area (Å²) in [7, 11) is -3.63. The van der Waals surface area contributed by atoms with Gasteiger partial charge in [-0.1, -0.05) is 29.3 Å². The van der Waals surface area contributed by atoms with Crippen LogP contribution in [0.1, 0.15) is 28.8 Å². The zero-order valence-electron chi connectivity index (χ0n) is 15.8. The normalized spacial score (nSPS) is 17.5. The van der Waals surface area contributed by atoms with Crippen molar-refractivity contribution in [2.75, 3.05) is 18.4 Å². The zero-order chi connectivity index (χ0) is 21.9. The Morgan fingerprint density at radius 1 is 1.10 bits per heavy atom.